The summed E-state index contributed by atoms with van der Waals surface area (Å²) in [5.74, 6) is -0.420. The number of hydrogen-bond acceptors (Lipinski definition) is 4. The smallest absolute Gasteiger partial charge is 0.295 e. The molecule has 1 heterocycles. The van der Waals surface area contributed by atoms with E-state index in [1.807, 2.05) is 0 Å². The Kier molecular flexibility index (Phi) is 6.05. The van der Waals surface area contributed by atoms with Gasteiger partial charge < -0.3 is 5.32 Å². The average molecular weight is 448 g/mol. The fraction of sp³-hybridized carbons (Fsp3) is 0.0588. The number of carbonyl (C=O) groups is 2. The molecule has 4 nitrogen and oxygen atoms in total. The first-order valence-corrected chi connectivity index (χ1v) is 9.57. The van der Waals surface area contributed by atoms with Gasteiger partial charge in [-0.1, -0.05) is 52.5 Å². The van der Waals surface area contributed by atoms with Crippen molar-refractivity contribution >= 4 is 81.1 Å². The van der Waals surface area contributed by atoms with E-state index in [2.05, 4.69) is 5.32 Å². The zero-order valence-electron chi connectivity index (χ0n) is 12.9. The maximum Gasteiger partial charge on any atom is 0.295 e. The Morgan fingerprint density at radius 1 is 0.962 bits per heavy atom. The monoisotopic (exact) mass is 446 g/mol. The lowest BCUT2D eigenvalue weighted by atomic mass is 10.2. The third kappa shape index (κ3) is 4.30. The second-order valence-electron chi connectivity index (χ2n) is 5.23. The Morgan fingerprint density at radius 3 is 2.38 bits per heavy atom. The molecule has 134 valence electrons. The highest BCUT2D eigenvalue weighted by atomic mass is 35.5. The first-order valence-electron chi connectivity index (χ1n) is 7.24. The highest BCUT2D eigenvalue weighted by Gasteiger charge is 2.35. The average Bonchev–Trinajstić information content (AvgIpc) is 2.85. The van der Waals surface area contributed by atoms with E-state index in [0.29, 0.717) is 31.3 Å². The van der Waals surface area contributed by atoms with Crippen LogP contribution in [-0.4, -0.2) is 22.7 Å². The van der Waals surface area contributed by atoms with E-state index < -0.39 is 11.1 Å². The van der Waals surface area contributed by atoms with Crippen molar-refractivity contribution in [2.24, 2.45) is 0 Å². The van der Waals surface area contributed by atoms with Crippen LogP contribution in [0.5, 0.6) is 0 Å². The zero-order valence-corrected chi connectivity index (χ0v) is 16.8. The molecule has 0 bridgehead atoms. The number of halogens is 4. The lowest BCUT2D eigenvalue weighted by Gasteiger charge is -2.15. The van der Waals surface area contributed by atoms with E-state index in [4.69, 9.17) is 46.4 Å². The van der Waals surface area contributed by atoms with E-state index in [0.717, 1.165) is 16.7 Å². The van der Waals surface area contributed by atoms with Crippen molar-refractivity contribution in [2.75, 3.05) is 12.0 Å². The number of nitrogens with zero attached hydrogens (tertiary/aromatic N) is 1. The van der Waals surface area contributed by atoms with E-state index in [1.165, 1.54) is 0 Å². The predicted octanol–water partition coefficient (Wildman–Crippen LogP) is 6.41. The molecule has 0 aromatic heterocycles. The van der Waals surface area contributed by atoms with Crippen LogP contribution in [0, 0.1) is 0 Å². The molecule has 1 N–H and O–H groups in total. The van der Waals surface area contributed by atoms with Crippen LogP contribution in [0.25, 0.3) is 6.08 Å². The van der Waals surface area contributed by atoms with Gasteiger partial charge in [0.2, 0.25) is 0 Å². The summed E-state index contributed by atoms with van der Waals surface area (Å²) in [5, 5.41) is 4.36. The van der Waals surface area contributed by atoms with Gasteiger partial charge in [-0.15, -0.1) is 0 Å². The number of imide groups is 1. The molecular weight excluding hydrogens is 438 g/mol. The van der Waals surface area contributed by atoms with Crippen LogP contribution in [-0.2, 0) is 4.79 Å². The number of nitrogens with one attached hydrogen (secondary N) is 1. The fourth-order valence-corrected chi connectivity index (χ4v) is 3.84. The normalized spacial score (nSPS) is 15.8. The Balaban J connectivity index is 1.76. The Morgan fingerprint density at radius 2 is 1.65 bits per heavy atom. The van der Waals surface area contributed by atoms with Crippen LogP contribution in [0.3, 0.4) is 0 Å². The maximum atomic E-state index is 12.5. The van der Waals surface area contributed by atoms with Crippen LogP contribution in [0.1, 0.15) is 5.56 Å². The molecule has 0 unspecified atom stereocenters. The quantitative estimate of drug-likeness (QED) is 0.550. The van der Waals surface area contributed by atoms with E-state index in [9.17, 15) is 9.59 Å². The number of carbonyl (C=O) groups excluding carboxylic acids is 2. The van der Waals surface area contributed by atoms with Crippen molar-refractivity contribution in [2.45, 2.75) is 0 Å². The summed E-state index contributed by atoms with van der Waals surface area (Å²) in [6, 6.07) is 9.80. The lowest BCUT2D eigenvalue weighted by molar-refractivity contribution is -0.122. The Bertz CT molecular complexity index is 933. The van der Waals surface area contributed by atoms with Gasteiger partial charge in [-0.2, -0.15) is 0 Å². The first-order chi connectivity index (χ1) is 12.3. The summed E-state index contributed by atoms with van der Waals surface area (Å²) >= 11 is 24.8. The van der Waals surface area contributed by atoms with E-state index in [1.54, 1.807) is 42.5 Å². The topological polar surface area (TPSA) is 49.4 Å². The van der Waals surface area contributed by atoms with Gasteiger partial charge in [0.05, 0.1) is 22.3 Å². The lowest BCUT2D eigenvalue weighted by Crippen LogP contribution is -2.33. The van der Waals surface area contributed by atoms with E-state index in [-0.39, 0.29) is 11.6 Å². The molecule has 1 aliphatic rings. The summed E-state index contributed by atoms with van der Waals surface area (Å²) in [6.07, 6.45) is 1.57. The second-order valence-corrected chi connectivity index (χ2v) is 7.92. The third-order valence-electron chi connectivity index (χ3n) is 3.48. The Hall–Kier alpha value is -1.37. The largest absolute Gasteiger partial charge is 0.366 e. The van der Waals surface area contributed by atoms with Crippen LogP contribution in [0.4, 0.5) is 10.5 Å². The minimum absolute atomic E-state index is 0.0313. The van der Waals surface area contributed by atoms with Gasteiger partial charge >= 0.3 is 0 Å². The predicted molar refractivity (Wildman–Crippen MR) is 109 cm³/mol. The SMILES string of the molecule is O=C1SC(=Cc2ccc(Cl)cc2Cl)C(=O)N1CNc1cc(Cl)ccc1Cl. The number of rotatable bonds is 4. The number of amides is 2. The summed E-state index contributed by atoms with van der Waals surface area (Å²) in [7, 11) is 0. The molecule has 2 aromatic rings. The number of anilines is 1. The van der Waals surface area contributed by atoms with Gasteiger partial charge in [-0.3, -0.25) is 14.5 Å². The second kappa shape index (κ2) is 8.11. The molecule has 0 spiro atoms. The molecular formula is C17H10Cl4N2O2S. The highest BCUT2D eigenvalue weighted by Crippen LogP contribution is 2.34. The molecule has 2 amide bonds. The van der Waals surface area contributed by atoms with Gasteiger partial charge in [-0.25, -0.2) is 0 Å². The third-order valence-corrected chi connectivity index (χ3v) is 5.51. The molecule has 0 aliphatic carbocycles. The van der Waals surface area contributed by atoms with Gasteiger partial charge in [0, 0.05) is 15.1 Å². The molecule has 3 rings (SSSR count). The molecule has 0 atom stereocenters. The molecule has 1 fully saturated rings. The molecule has 9 heteroatoms. The zero-order chi connectivity index (χ0) is 18.8. The Labute approximate surface area is 174 Å². The van der Waals surface area contributed by atoms with Crippen molar-refractivity contribution in [1.29, 1.82) is 0 Å². The molecule has 0 saturated carbocycles. The van der Waals surface area contributed by atoms with Crippen molar-refractivity contribution in [3.8, 4) is 0 Å². The standard InChI is InChI=1S/C17H10Cl4N2O2S/c18-10-2-1-9(13(21)6-10)5-15-16(24)23(17(25)26-15)8-22-14-7-11(19)3-4-12(14)20/h1-7,22H,8H2. The fourth-order valence-electron chi connectivity index (χ4n) is 2.19. The van der Waals surface area contributed by atoms with E-state index >= 15 is 0 Å². The van der Waals surface area contributed by atoms with Crippen molar-refractivity contribution in [1.82, 2.24) is 4.90 Å². The minimum Gasteiger partial charge on any atom is -0.366 e. The summed E-state index contributed by atoms with van der Waals surface area (Å²) in [5.41, 5.74) is 1.13. The minimum atomic E-state index is -0.420. The van der Waals surface area contributed by atoms with Gasteiger partial charge in [0.15, 0.2) is 0 Å². The van der Waals surface area contributed by atoms with Gasteiger partial charge in [0.1, 0.15) is 0 Å². The summed E-state index contributed by atoms with van der Waals surface area (Å²) in [4.78, 5) is 26.0. The summed E-state index contributed by atoms with van der Waals surface area (Å²) in [6.45, 7) is -0.0313. The molecule has 1 saturated heterocycles. The molecule has 2 aromatic carbocycles. The summed E-state index contributed by atoms with van der Waals surface area (Å²) < 4.78 is 0. The van der Waals surface area contributed by atoms with Crippen LogP contribution in [0.2, 0.25) is 20.1 Å². The van der Waals surface area contributed by atoms with Gasteiger partial charge in [0.25, 0.3) is 11.1 Å². The van der Waals surface area contributed by atoms with Crippen molar-refractivity contribution in [3.05, 3.63) is 67.0 Å². The van der Waals surface area contributed by atoms with Crippen LogP contribution < -0.4 is 5.32 Å². The molecule has 1 aliphatic heterocycles. The molecule has 26 heavy (non-hydrogen) atoms. The number of hydrogen-bond donors (Lipinski definition) is 1. The van der Waals surface area contributed by atoms with Crippen molar-refractivity contribution < 1.29 is 9.59 Å². The van der Waals surface area contributed by atoms with Crippen LogP contribution in [0.15, 0.2) is 41.3 Å². The maximum absolute atomic E-state index is 12.5. The molecule has 0 radical (unpaired) electrons. The number of benzene rings is 2. The van der Waals surface area contributed by atoms with Crippen molar-refractivity contribution in [3.63, 3.8) is 0 Å². The highest BCUT2D eigenvalue weighted by molar-refractivity contribution is 8.18. The first kappa shape index (κ1) is 19.4. The van der Waals surface area contributed by atoms with Gasteiger partial charge in [-0.05, 0) is 53.7 Å². The number of thioether (sulfide) groups is 1. The van der Waals surface area contributed by atoms with Crippen LogP contribution >= 0.6 is 58.2 Å².